The van der Waals surface area contributed by atoms with Gasteiger partial charge in [-0.25, -0.2) is 4.39 Å². The maximum absolute atomic E-state index is 13.8. The van der Waals surface area contributed by atoms with Crippen molar-refractivity contribution in [3.05, 3.63) is 64.8 Å². The van der Waals surface area contributed by atoms with E-state index < -0.39 is 5.82 Å². The number of halogens is 2. The number of hydrogen-bond donors (Lipinski definition) is 0. The smallest absolute Gasteiger partial charge is 0.246 e. The molecule has 0 aliphatic heterocycles. The van der Waals surface area contributed by atoms with Gasteiger partial charge >= 0.3 is 0 Å². The molecule has 0 saturated carbocycles. The largest absolute Gasteiger partial charge is 0.497 e. The van der Waals surface area contributed by atoms with Crippen molar-refractivity contribution in [2.75, 3.05) is 14.2 Å². The molecule has 140 valence electrons. The number of likely N-dealkylation sites (N-methyl/N-ethyl adjacent to an activating group) is 1. The fraction of sp³-hybridized carbons (Fsp3) is 0.211. The molecule has 0 fully saturated rings. The fourth-order valence-electron chi connectivity index (χ4n) is 2.45. The lowest BCUT2D eigenvalue weighted by Crippen LogP contribution is -2.28. The summed E-state index contributed by atoms with van der Waals surface area (Å²) >= 11 is 5.72. The highest BCUT2D eigenvalue weighted by Crippen LogP contribution is 2.21. The molecule has 1 aromatic heterocycles. The number of rotatable bonds is 6. The van der Waals surface area contributed by atoms with E-state index >= 15 is 0 Å². The molecule has 0 aliphatic rings. The topological polar surface area (TPSA) is 68.5 Å². The maximum Gasteiger partial charge on any atom is 0.246 e. The third-order valence-electron chi connectivity index (χ3n) is 3.95. The molecule has 1 amide bonds. The Morgan fingerprint density at radius 3 is 2.85 bits per heavy atom. The second-order valence-electron chi connectivity index (χ2n) is 5.91. The second-order valence-corrected chi connectivity index (χ2v) is 6.34. The minimum Gasteiger partial charge on any atom is -0.497 e. The van der Waals surface area contributed by atoms with Crippen LogP contribution in [0.5, 0.6) is 5.75 Å². The number of aromatic nitrogens is 2. The van der Waals surface area contributed by atoms with E-state index in [0.717, 1.165) is 5.56 Å². The molecule has 8 heteroatoms. The standard InChI is InChI=1S/C19H17ClFN3O3/c1-24(18(25)9-12-6-7-14(20)10-16(12)21)11-17-22-19(23-27-17)13-4-3-5-15(8-13)26-2/h3-8,10H,9,11H2,1-2H3. The van der Waals surface area contributed by atoms with Gasteiger partial charge in [-0.2, -0.15) is 4.98 Å². The van der Waals surface area contributed by atoms with Gasteiger partial charge in [0, 0.05) is 17.6 Å². The van der Waals surface area contributed by atoms with Crippen molar-refractivity contribution in [3.63, 3.8) is 0 Å². The van der Waals surface area contributed by atoms with Crippen molar-refractivity contribution in [1.82, 2.24) is 15.0 Å². The number of carbonyl (C=O) groups is 1. The summed E-state index contributed by atoms with van der Waals surface area (Å²) in [7, 11) is 3.16. The Morgan fingerprint density at radius 1 is 1.30 bits per heavy atom. The van der Waals surface area contributed by atoms with Crippen LogP contribution >= 0.6 is 11.6 Å². The van der Waals surface area contributed by atoms with Gasteiger partial charge in [-0.15, -0.1) is 0 Å². The van der Waals surface area contributed by atoms with Gasteiger partial charge in [0.05, 0.1) is 20.1 Å². The van der Waals surface area contributed by atoms with Crippen molar-refractivity contribution in [1.29, 1.82) is 0 Å². The molecule has 0 atom stereocenters. The first kappa shape index (κ1) is 18.8. The van der Waals surface area contributed by atoms with Crippen molar-refractivity contribution in [3.8, 4) is 17.1 Å². The Kier molecular flexibility index (Phi) is 5.71. The van der Waals surface area contributed by atoms with E-state index in [0.29, 0.717) is 11.6 Å². The molecule has 0 radical (unpaired) electrons. The summed E-state index contributed by atoms with van der Waals surface area (Å²) < 4.78 is 24.2. The van der Waals surface area contributed by atoms with Gasteiger partial charge in [-0.3, -0.25) is 4.79 Å². The number of nitrogens with zero attached hydrogens (tertiary/aromatic N) is 3. The van der Waals surface area contributed by atoms with Gasteiger partial charge in [0.15, 0.2) is 0 Å². The Bertz CT molecular complexity index is 961. The number of amides is 1. The summed E-state index contributed by atoms with van der Waals surface area (Å²) in [6, 6.07) is 11.5. The number of benzene rings is 2. The van der Waals surface area contributed by atoms with Crippen LogP contribution in [0.1, 0.15) is 11.5 Å². The van der Waals surface area contributed by atoms with Crippen LogP contribution in [0.25, 0.3) is 11.4 Å². The summed E-state index contributed by atoms with van der Waals surface area (Å²) in [6.45, 7) is 0.116. The zero-order valence-electron chi connectivity index (χ0n) is 14.8. The van der Waals surface area contributed by atoms with Crippen molar-refractivity contribution >= 4 is 17.5 Å². The van der Waals surface area contributed by atoms with Crippen LogP contribution in [0.2, 0.25) is 5.02 Å². The Labute approximate surface area is 160 Å². The Morgan fingerprint density at radius 2 is 2.11 bits per heavy atom. The lowest BCUT2D eigenvalue weighted by atomic mass is 10.1. The fourth-order valence-corrected chi connectivity index (χ4v) is 2.61. The summed E-state index contributed by atoms with van der Waals surface area (Å²) in [5.41, 5.74) is 1.01. The predicted molar refractivity (Wildman–Crippen MR) is 97.9 cm³/mol. The van der Waals surface area contributed by atoms with E-state index in [1.54, 1.807) is 26.3 Å². The summed E-state index contributed by atoms with van der Waals surface area (Å²) in [4.78, 5) is 18.0. The van der Waals surface area contributed by atoms with Crippen LogP contribution in [0, 0.1) is 5.82 Å². The highest BCUT2D eigenvalue weighted by molar-refractivity contribution is 6.30. The van der Waals surface area contributed by atoms with Crippen LogP contribution in [0.4, 0.5) is 4.39 Å². The second kappa shape index (κ2) is 8.18. The molecule has 2 aromatic carbocycles. The van der Waals surface area contributed by atoms with E-state index in [9.17, 15) is 9.18 Å². The summed E-state index contributed by atoms with van der Waals surface area (Å²) in [5.74, 6) is 0.560. The first-order valence-corrected chi connectivity index (χ1v) is 8.49. The first-order chi connectivity index (χ1) is 13.0. The van der Waals surface area contributed by atoms with E-state index in [4.69, 9.17) is 20.9 Å². The van der Waals surface area contributed by atoms with Crippen molar-refractivity contribution in [2.45, 2.75) is 13.0 Å². The molecule has 1 heterocycles. The SMILES string of the molecule is COc1cccc(-c2noc(CN(C)C(=O)Cc3ccc(Cl)cc3F)n2)c1. The predicted octanol–water partition coefficient (Wildman–Crippen LogP) is 3.74. The van der Waals surface area contributed by atoms with E-state index in [2.05, 4.69) is 10.1 Å². The van der Waals surface area contributed by atoms with E-state index in [1.165, 1.54) is 17.0 Å². The lowest BCUT2D eigenvalue weighted by molar-refractivity contribution is -0.130. The molecule has 0 unspecified atom stereocenters. The van der Waals surface area contributed by atoms with Crippen LogP contribution in [-0.4, -0.2) is 35.1 Å². The molecule has 0 saturated heterocycles. The zero-order chi connectivity index (χ0) is 19.4. The highest BCUT2D eigenvalue weighted by atomic mass is 35.5. The van der Waals surface area contributed by atoms with Gasteiger partial charge in [0.2, 0.25) is 17.6 Å². The molecule has 6 nitrogen and oxygen atoms in total. The first-order valence-electron chi connectivity index (χ1n) is 8.11. The number of methoxy groups -OCH3 is 1. The number of carbonyl (C=O) groups excluding carboxylic acids is 1. The van der Waals surface area contributed by atoms with Gasteiger partial charge in [-0.05, 0) is 29.8 Å². The molecule has 3 rings (SSSR count). The van der Waals surface area contributed by atoms with Crippen LogP contribution in [-0.2, 0) is 17.8 Å². The van der Waals surface area contributed by atoms with Gasteiger partial charge in [0.25, 0.3) is 0 Å². The monoisotopic (exact) mass is 389 g/mol. The highest BCUT2D eigenvalue weighted by Gasteiger charge is 2.17. The van der Waals surface area contributed by atoms with E-state index in [-0.39, 0.29) is 35.3 Å². The van der Waals surface area contributed by atoms with E-state index in [1.807, 2.05) is 18.2 Å². The molecule has 0 spiro atoms. The average molecular weight is 390 g/mol. The lowest BCUT2D eigenvalue weighted by Gasteiger charge is -2.15. The summed E-state index contributed by atoms with van der Waals surface area (Å²) in [6.07, 6.45) is -0.0869. The Hall–Kier alpha value is -2.93. The normalized spacial score (nSPS) is 10.7. The van der Waals surface area contributed by atoms with Crippen LogP contribution in [0.3, 0.4) is 0 Å². The van der Waals surface area contributed by atoms with Crippen LogP contribution < -0.4 is 4.74 Å². The average Bonchev–Trinajstić information content (AvgIpc) is 3.12. The summed E-state index contributed by atoms with van der Waals surface area (Å²) in [5, 5.41) is 4.21. The quantitative estimate of drug-likeness (QED) is 0.642. The van der Waals surface area contributed by atoms with Crippen molar-refractivity contribution in [2.24, 2.45) is 0 Å². The number of hydrogen-bond acceptors (Lipinski definition) is 5. The number of ether oxygens (including phenoxy) is 1. The molecule has 3 aromatic rings. The van der Waals surface area contributed by atoms with Gasteiger partial charge in [-0.1, -0.05) is 35.0 Å². The zero-order valence-corrected chi connectivity index (χ0v) is 15.5. The molecule has 0 N–H and O–H groups in total. The minimum atomic E-state index is -0.512. The third-order valence-corrected chi connectivity index (χ3v) is 4.19. The van der Waals surface area contributed by atoms with Crippen molar-refractivity contribution < 1.29 is 18.4 Å². The maximum atomic E-state index is 13.8. The molecular formula is C19H17ClFN3O3. The minimum absolute atomic E-state index is 0.0869. The molecular weight excluding hydrogens is 373 g/mol. The van der Waals surface area contributed by atoms with Crippen LogP contribution in [0.15, 0.2) is 47.0 Å². The molecule has 0 aliphatic carbocycles. The van der Waals surface area contributed by atoms with Gasteiger partial charge < -0.3 is 14.2 Å². The Balaban J connectivity index is 1.66. The molecule has 27 heavy (non-hydrogen) atoms. The third kappa shape index (κ3) is 4.62. The van der Waals surface area contributed by atoms with Gasteiger partial charge in [0.1, 0.15) is 11.6 Å². The molecule has 0 bridgehead atoms.